The van der Waals surface area contributed by atoms with Crippen LogP contribution in [-0.2, 0) is 6.42 Å². The van der Waals surface area contributed by atoms with Gasteiger partial charge in [0.05, 0.1) is 0 Å². The van der Waals surface area contributed by atoms with Crippen LogP contribution in [-0.4, -0.2) is 43.2 Å². The number of aryl methyl sites for hydroxylation is 1. The maximum atomic E-state index is 9.87. The van der Waals surface area contributed by atoms with Crippen LogP contribution in [0.4, 0.5) is 0 Å². The maximum absolute atomic E-state index is 9.87. The van der Waals surface area contributed by atoms with Crippen molar-refractivity contribution in [2.75, 3.05) is 27.2 Å². The third-order valence-corrected chi connectivity index (χ3v) is 8.41. The van der Waals surface area contributed by atoms with Crippen molar-refractivity contribution in [2.45, 2.75) is 64.3 Å². The predicted octanol–water partition coefficient (Wildman–Crippen LogP) is 4.40. The lowest BCUT2D eigenvalue weighted by atomic mass is 9.53. The van der Waals surface area contributed by atoms with Crippen molar-refractivity contribution in [3.63, 3.8) is 0 Å². The van der Waals surface area contributed by atoms with Crippen LogP contribution in [0, 0.1) is 23.2 Å². The Bertz CT molecular complexity index is 672. The molecule has 0 unspecified atom stereocenters. The Morgan fingerprint density at radius 2 is 2.04 bits per heavy atom. The van der Waals surface area contributed by atoms with Crippen LogP contribution in [0.1, 0.15) is 63.0 Å². The quantitative estimate of drug-likeness (QED) is 0.806. The molecule has 4 rings (SSSR count). The Morgan fingerprint density at radius 3 is 2.81 bits per heavy atom. The van der Waals surface area contributed by atoms with E-state index in [4.69, 9.17) is 0 Å². The summed E-state index contributed by atoms with van der Waals surface area (Å²) >= 11 is 0. The fraction of sp³-hybridized carbons (Fsp3) is 0.750. The van der Waals surface area contributed by atoms with Gasteiger partial charge in [0.15, 0.2) is 0 Å². The molecule has 0 heterocycles. The van der Waals surface area contributed by atoms with Crippen LogP contribution in [0.25, 0.3) is 0 Å². The molecule has 3 aliphatic carbocycles. The molecule has 2 fully saturated rings. The highest BCUT2D eigenvalue weighted by Gasteiger charge is 2.55. The average Bonchev–Trinajstić information content (AvgIpc) is 2.98. The van der Waals surface area contributed by atoms with Crippen molar-refractivity contribution in [1.29, 1.82) is 0 Å². The van der Waals surface area contributed by atoms with Crippen LogP contribution in [0.5, 0.6) is 5.75 Å². The molecule has 1 aromatic rings. The summed E-state index contributed by atoms with van der Waals surface area (Å²) in [6.07, 6.45) is 7.97. The summed E-state index contributed by atoms with van der Waals surface area (Å²) in [5.41, 5.74) is 3.46. The summed E-state index contributed by atoms with van der Waals surface area (Å²) in [7, 11) is 4.31. The lowest BCUT2D eigenvalue weighted by Gasteiger charge is -2.52. The van der Waals surface area contributed by atoms with Crippen molar-refractivity contribution in [2.24, 2.45) is 23.2 Å². The zero-order chi connectivity index (χ0) is 19.2. The van der Waals surface area contributed by atoms with Crippen LogP contribution in [0.15, 0.2) is 18.2 Å². The summed E-state index contributed by atoms with van der Waals surface area (Å²) in [4.78, 5) is 2.27. The van der Waals surface area contributed by atoms with E-state index < -0.39 is 0 Å². The van der Waals surface area contributed by atoms with E-state index in [-0.39, 0.29) is 0 Å². The minimum atomic E-state index is 0.436. The number of hydrogen-bond acceptors (Lipinski definition) is 3. The van der Waals surface area contributed by atoms with E-state index in [0.29, 0.717) is 17.2 Å². The van der Waals surface area contributed by atoms with Gasteiger partial charge in [0, 0.05) is 19.1 Å². The molecule has 0 saturated heterocycles. The summed E-state index contributed by atoms with van der Waals surface area (Å²) in [6.45, 7) is 7.25. The van der Waals surface area contributed by atoms with Crippen LogP contribution in [0.2, 0.25) is 0 Å². The normalized spacial score (nSPS) is 36.2. The standard InChI is InChI=1S/C24H38N2O/c1-16(25-13-14-26(3)4)22-9-10-23-21-7-5-17-15-18(27)6-8-19(17)20(21)11-12-24(22,23)2/h6,8,15-16,20-23,25,27H,5,7,9-14H2,1-4H3/t16-,20-,21-,22-,23+,24+/m0/s1. The third kappa shape index (κ3) is 3.42. The molecule has 3 aliphatic rings. The molecule has 2 saturated carbocycles. The zero-order valence-corrected chi connectivity index (χ0v) is 17.7. The fourth-order valence-electron chi connectivity index (χ4n) is 7.09. The molecular formula is C24H38N2O. The van der Waals surface area contributed by atoms with Crippen LogP contribution < -0.4 is 5.32 Å². The molecule has 0 aromatic heterocycles. The van der Waals surface area contributed by atoms with E-state index in [1.165, 1.54) is 37.7 Å². The smallest absolute Gasteiger partial charge is 0.115 e. The van der Waals surface area contributed by atoms with Gasteiger partial charge in [-0.1, -0.05) is 13.0 Å². The zero-order valence-electron chi connectivity index (χ0n) is 17.7. The molecular weight excluding hydrogens is 332 g/mol. The first-order chi connectivity index (χ1) is 12.9. The predicted molar refractivity (Wildman–Crippen MR) is 112 cm³/mol. The molecule has 0 amide bonds. The summed E-state index contributed by atoms with van der Waals surface area (Å²) in [5.74, 6) is 3.70. The highest BCUT2D eigenvalue weighted by atomic mass is 16.3. The Hall–Kier alpha value is -1.06. The second kappa shape index (κ2) is 7.40. The van der Waals surface area contributed by atoms with Crippen molar-refractivity contribution < 1.29 is 5.11 Å². The van der Waals surface area contributed by atoms with Gasteiger partial charge in [-0.2, -0.15) is 0 Å². The largest absolute Gasteiger partial charge is 0.508 e. The molecule has 6 atom stereocenters. The van der Waals surface area contributed by atoms with E-state index in [2.05, 4.69) is 44.2 Å². The third-order valence-electron chi connectivity index (χ3n) is 8.41. The van der Waals surface area contributed by atoms with Gasteiger partial charge in [0.1, 0.15) is 5.75 Å². The minimum Gasteiger partial charge on any atom is -0.508 e. The second-order valence-electron chi connectivity index (χ2n) is 10.1. The monoisotopic (exact) mass is 370 g/mol. The topological polar surface area (TPSA) is 35.5 Å². The van der Waals surface area contributed by atoms with Crippen LogP contribution >= 0.6 is 0 Å². The molecule has 150 valence electrons. The lowest BCUT2D eigenvalue weighted by Crippen LogP contribution is -2.48. The number of benzene rings is 1. The Balaban J connectivity index is 1.49. The summed E-state index contributed by atoms with van der Waals surface area (Å²) < 4.78 is 0. The van der Waals surface area contributed by atoms with Gasteiger partial charge in [-0.25, -0.2) is 0 Å². The first kappa shape index (κ1) is 19.3. The molecule has 0 radical (unpaired) electrons. The van der Waals surface area contributed by atoms with Crippen molar-refractivity contribution in [3.05, 3.63) is 29.3 Å². The number of phenols is 1. The molecule has 0 spiro atoms. The number of nitrogens with zero attached hydrogens (tertiary/aromatic N) is 1. The molecule has 27 heavy (non-hydrogen) atoms. The van der Waals surface area contributed by atoms with Gasteiger partial charge in [-0.15, -0.1) is 0 Å². The number of nitrogens with one attached hydrogen (secondary N) is 1. The Labute approximate surface area is 165 Å². The number of phenolic OH excluding ortho intramolecular Hbond substituents is 1. The number of likely N-dealkylation sites (N-methyl/N-ethyl adjacent to an activating group) is 1. The van der Waals surface area contributed by atoms with E-state index in [1.807, 2.05) is 12.1 Å². The molecule has 3 nitrogen and oxygen atoms in total. The fourth-order valence-corrected chi connectivity index (χ4v) is 7.09. The average molecular weight is 371 g/mol. The van der Waals surface area contributed by atoms with E-state index in [1.54, 1.807) is 5.56 Å². The molecule has 2 N–H and O–H groups in total. The Morgan fingerprint density at radius 1 is 1.22 bits per heavy atom. The maximum Gasteiger partial charge on any atom is 0.115 e. The molecule has 3 heteroatoms. The number of aromatic hydroxyl groups is 1. The molecule has 0 aliphatic heterocycles. The van der Waals surface area contributed by atoms with Gasteiger partial charge < -0.3 is 15.3 Å². The highest BCUT2D eigenvalue weighted by Crippen LogP contribution is 2.63. The summed E-state index contributed by atoms with van der Waals surface area (Å²) in [5, 5.41) is 13.7. The second-order valence-corrected chi connectivity index (χ2v) is 10.1. The van der Waals surface area contributed by atoms with Gasteiger partial charge in [-0.05, 0) is 112 Å². The minimum absolute atomic E-state index is 0.436. The van der Waals surface area contributed by atoms with E-state index >= 15 is 0 Å². The first-order valence-corrected chi connectivity index (χ1v) is 11.1. The Kier molecular flexibility index (Phi) is 5.28. The first-order valence-electron chi connectivity index (χ1n) is 11.1. The molecule has 0 bridgehead atoms. The molecule has 1 aromatic carbocycles. The van der Waals surface area contributed by atoms with Crippen molar-refractivity contribution in [3.8, 4) is 5.75 Å². The van der Waals surface area contributed by atoms with Crippen molar-refractivity contribution >= 4 is 0 Å². The van der Waals surface area contributed by atoms with Gasteiger partial charge in [-0.3, -0.25) is 0 Å². The van der Waals surface area contributed by atoms with E-state index in [0.717, 1.165) is 43.2 Å². The van der Waals surface area contributed by atoms with Gasteiger partial charge >= 0.3 is 0 Å². The van der Waals surface area contributed by atoms with Crippen molar-refractivity contribution in [1.82, 2.24) is 10.2 Å². The number of fused-ring (bicyclic) bond motifs is 5. The number of rotatable bonds is 5. The SMILES string of the molecule is C[C@H](NCCN(C)C)[C@@H]1CC[C@@H]2[C@H]3CCc4cc(O)ccc4[C@@H]3CC[C@@]21C. The van der Waals surface area contributed by atoms with E-state index in [9.17, 15) is 5.11 Å². The lowest BCUT2D eigenvalue weighted by molar-refractivity contribution is 0.0181. The summed E-state index contributed by atoms with van der Waals surface area (Å²) in [6, 6.07) is 6.77. The highest BCUT2D eigenvalue weighted by molar-refractivity contribution is 5.40. The van der Waals surface area contributed by atoms with Crippen LogP contribution in [0.3, 0.4) is 0 Å². The van der Waals surface area contributed by atoms with Gasteiger partial charge in [0.25, 0.3) is 0 Å². The van der Waals surface area contributed by atoms with Gasteiger partial charge in [0.2, 0.25) is 0 Å². The number of hydrogen-bond donors (Lipinski definition) is 2.